The van der Waals surface area contributed by atoms with Gasteiger partial charge in [0.05, 0.1) is 10.0 Å². The summed E-state index contributed by atoms with van der Waals surface area (Å²) in [5.41, 5.74) is 1.54. The van der Waals surface area contributed by atoms with E-state index in [-0.39, 0.29) is 5.91 Å². The topological polar surface area (TPSA) is 47.6 Å². The lowest BCUT2D eigenvalue weighted by Crippen LogP contribution is -2.29. The third-order valence-electron chi connectivity index (χ3n) is 3.60. The Bertz CT molecular complexity index is 790. The van der Waals surface area contributed by atoms with E-state index in [1.54, 1.807) is 30.3 Å². The molecule has 1 amide bonds. The van der Waals surface area contributed by atoms with E-state index in [1.807, 2.05) is 19.9 Å². The summed E-state index contributed by atoms with van der Waals surface area (Å²) in [6.07, 6.45) is 0.667. The van der Waals surface area contributed by atoms with Crippen molar-refractivity contribution < 1.29 is 14.3 Å². The smallest absolute Gasteiger partial charge is 0.251 e. The van der Waals surface area contributed by atoms with E-state index in [9.17, 15) is 4.79 Å². The van der Waals surface area contributed by atoms with Crippen molar-refractivity contribution in [2.45, 2.75) is 26.1 Å². The lowest BCUT2D eigenvalue weighted by Gasteiger charge is -2.16. The van der Waals surface area contributed by atoms with E-state index in [2.05, 4.69) is 5.32 Å². The highest BCUT2D eigenvalue weighted by Crippen LogP contribution is 2.39. The molecule has 0 radical (unpaired) electrons. The van der Waals surface area contributed by atoms with Crippen LogP contribution in [0.2, 0.25) is 10.0 Å². The largest absolute Gasteiger partial charge is 0.449 e. The molecule has 0 bridgehead atoms. The summed E-state index contributed by atoms with van der Waals surface area (Å²) in [4.78, 5) is 12.3. The molecule has 0 aromatic heterocycles. The number of halogens is 2. The van der Waals surface area contributed by atoms with Crippen molar-refractivity contribution in [1.82, 2.24) is 5.32 Å². The third-order valence-corrected chi connectivity index (χ3v) is 4.34. The number of ether oxygens (including phenoxy) is 2. The Morgan fingerprint density at radius 2 is 1.79 bits per heavy atom. The molecule has 1 heterocycles. The summed E-state index contributed by atoms with van der Waals surface area (Å²) < 4.78 is 11.3. The van der Waals surface area contributed by atoms with Gasteiger partial charge in [-0.15, -0.1) is 0 Å². The first-order chi connectivity index (χ1) is 11.3. The highest BCUT2D eigenvalue weighted by atomic mass is 35.5. The molecule has 0 aliphatic carbocycles. The van der Waals surface area contributed by atoms with Crippen molar-refractivity contribution in [3.8, 4) is 11.5 Å². The molecule has 0 unspecified atom stereocenters. The lowest BCUT2D eigenvalue weighted by molar-refractivity contribution is -0.0431. The van der Waals surface area contributed by atoms with Crippen LogP contribution in [-0.2, 0) is 6.42 Å². The van der Waals surface area contributed by atoms with E-state index in [4.69, 9.17) is 32.7 Å². The van der Waals surface area contributed by atoms with Gasteiger partial charge >= 0.3 is 0 Å². The van der Waals surface area contributed by atoms with E-state index in [0.717, 1.165) is 5.56 Å². The molecule has 126 valence electrons. The summed E-state index contributed by atoms with van der Waals surface area (Å²) in [5, 5.41) is 3.92. The monoisotopic (exact) mass is 365 g/mol. The summed E-state index contributed by atoms with van der Waals surface area (Å²) in [6, 6.07) is 10.6. The predicted molar refractivity (Wildman–Crippen MR) is 94.3 cm³/mol. The highest BCUT2D eigenvalue weighted by molar-refractivity contribution is 6.42. The maximum atomic E-state index is 12.3. The zero-order valence-corrected chi connectivity index (χ0v) is 14.9. The average Bonchev–Trinajstić information content (AvgIpc) is 2.83. The van der Waals surface area contributed by atoms with Crippen LogP contribution in [0.25, 0.3) is 0 Å². The number of amides is 1. The molecule has 2 aromatic rings. The fourth-order valence-corrected chi connectivity index (χ4v) is 2.80. The standard InChI is InChI=1S/C18H17Cl2NO3/c1-18(2)23-15-6-4-12(10-16(15)24-18)17(22)21-8-7-11-3-5-13(19)14(20)9-11/h3-6,9-10H,7-8H2,1-2H3,(H,21,22). The second kappa shape index (κ2) is 6.54. The van der Waals surface area contributed by atoms with E-state index >= 15 is 0 Å². The average molecular weight is 366 g/mol. The molecule has 4 nitrogen and oxygen atoms in total. The van der Waals surface area contributed by atoms with Crippen LogP contribution in [0.3, 0.4) is 0 Å². The van der Waals surface area contributed by atoms with E-state index in [0.29, 0.717) is 40.1 Å². The van der Waals surface area contributed by atoms with Crippen LogP contribution >= 0.6 is 23.2 Å². The zero-order chi connectivity index (χ0) is 17.3. The minimum atomic E-state index is -0.703. The Kier molecular flexibility index (Phi) is 4.61. The number of hydrogen-bond donors (Lipinski definition) is 1. The van der Waals surface area contributed by atoms with Crippen LogP contribution in [0.15, 0.2) is 36.4 Å². The summed E-state index contributed by atoms with van der Waals surface area (Å²) in [6.45, 7) is 4.14. The molecule has 1 aliphatic rings. The molecule has 24 heavy (non-hydrogen) atoms. The molecule has 2 aromatic carbocycles. The summed E-state index contributed by atoms with van der Waals surface area (Å²) in [7, 11) is 0. The Balaban J connectivity index is 1.59. The first-order valence-corrected chi connectivity index (χ1v) is 8.34. The van der Waals surface area contributed by atoms with Gasteiger partial charge in [-0.05, 0) is 42.3 Å². The first-order valence-electron chi connectivity index (χ1n) is 7.58. The quantitative estimate of drug-likeness (QED) is 0.868. The third kappa shape index (κ3) is 3.77. The van der Waals surface area contributed by atoms with Gasteiger partial charge < -0.3 is 14.8 Å². The fourth-order valence-electron chi connectivity index (χ4n) is 2.48. The van der Waals surface area contributed by atoms with Gasteiger partial charge in [-0.25, -0.2) is 0 Å². The van der Waals surface area contributed by atoms with Crippen molar-refractivity contribution in [1.29, 1.82) is 0 Å². The van der Waals surface area contributed by atoms with Crippen LogP contribution in [0, 0.1) is 0 Å². The zero-order valence-electron chi connectivity index (χ0n) is 13.4. The van der Waals surface area contributed by atoms with E-state index < -0.39 is 5.79 Å². The second-order valence-electron chi connectivity index (χ2n) is 6.02. The van der Waals surface area contributed by atoms with Gasteiger partial charge in [0.15, 0.2) is 11.5 Å². The number of carbonyl (C=O) groups excluding carboxylic acids is 1. The van der Waals surface area contributed by atoms with Crippen LogP contribution in [0.1, 0.15) is 29.8 Å². The maximum Gasteiger partial charge on any atom is 0.251 e. The minimum absolute atomic E-state index is 0.161. The van der Waals surface area contributed by atoms with Crippen molar-refractivity contribution in [3.05, 3.63) is 57.6 Å². The van der Waals surface area contributed by atoms with Crippen molar-refractivity contribution >= 4 is 29.1 Å². The number of nitrogens with one attached hydrogen (secondary N) is 1. The van der Waals surface area contributed by atoms with Gasteiger partial charge in [-0.1, -0.05) is 29.3 Å². The van der Waals surface area contributed by atoms with Crippen molar-refractivity contribution in [2.24, 2.45) is 0 Å². The summed E-state index contributed by atoms with van der Waals surface area (Å²) in [5.74, 6) is 0.362. The molecule has 1 aliphatic heterocycles. The number of hydrogen-bond acceptors (Lipinski definition) is 3. The lowest BCUT2D eigenvalue weighted by atomic mass is 10.1. The second-order valence-corrected chi connectivity index (χ2v) is 6.83. The fraction of sp³-hybridized carbons (Fsp3) is 0.278. The number of fused-ring (bicyclic) bond motifs is 1. The van der Waals surface area contributed by atoms with Gasteiger partial charge in [0.1, 0.15) is 0 Å². The number of carbonyl (C=O) groups is 1. The highest BCUT2D eigenvalue weighted by Gasteiger charge is 2.32. The van der Waals surface area contributed by atoms with Crippen LogP contribution in [0.5, 0.6) is 11.5 Å². The van der Waals surface area contributed by atoms with Crippen LogP contribution in [0.4, 0.5) is 0 Å². The number of benzene rings is 2. The summed E-state index contributed by atoms with van der Waals surface area (Å²) >= 11 is 11.9. The Hall–Kier alpha value is -1.91. The SMILES string of the molecule is CC1(C)Oc2ccc(C(=O)NCCc3ccc(Cl)c(Cl)c3)cc2O1. The predicted octanol–water partition coefficient (Wildman–Crippen LogP) is 4.47. The molecule has 0 spiro atoms. The van der Waals surface area contributed by atoms with E-state index in [1.165, 1.54) is 0 Å². The van der Waals surface area contributed by atoms with Gasteiger partial charge in [0, 0.05) is 26.0 Å². The Labute approximate surface area is 150 Å². The molecule has 3 rings (SSSR count). The van der Waals surface area contributed by atoms with Crippen LogP contribution < -0.4 is 14.8 Å². The molecular formula is C18H17Cl2NO3. The van der Waals surface area contributed by atoms with Gasteiger partial charge in [-0.2, -0.15) is 0 Å². The molecule has 0 saturated carbocycles. The van der Waals surface area contributed by atoms with Gasteiger partial charge in [0.2, 0.25) is 5.79 Å². The van der Waals surface area contributed by atoms with Gasteiger partial charge in [-0.3, -0.25) is 4.79 Å². The molecule has 0 atom stereocenters. The van der Waals surface area contributed by atoms with Crippen molar-refractivity contribution in [3.63, 3.8) is 0 Å². The molecular weight excluding hydrogens is 349 g/mol. The molecule has 1 N–H and O–H groups in total. The Morgan fingerprint density at radius 3 is 2.54 bits per heavy atom. The van der Waals surface area contributed by atoms with Crippen LogP contribution in [-0.4, -0.2) is 18.2 Å². The molecule has 0 fully saturated rings. The minimum Gasteiger partial charge on any atom is -0.449 e. The Morgan fingerprint density at radius 1 is 1.04 bits per heavy atom. The number of rotatable bonds is 4. The normalized spacial score (nSPS) is 14.5. The molecule has 0 saturated heterocycles. The van der Waals surface area contributed by atoms with Gasteiger partial charge in [0.25, 0.3) is 5.91 Å². The first kappa shape index (κ1) is 16.9. The molecule has 6 heteroatoms. The maximum absolute atomic E-state index is 12.3. The van der Waals surface area contributed by atoms with Crippen molar-refractivity contribution in [2.75, 3.05) is 6.54 Å².